The highest BCUT2D eigenvalue weighted by atomic mass is 15.4. The molecule has 0 spiro atoms. The Morgan fingerprint density at radius 2 is 0.862 bits per heavy atom. The molecule has 0 bridgehead atoms. The molecular formula is C61H59N4. The van der Waals surface area contributed by atoms with Gasteiger partial charge in [0.1, 0.15) is 0 Å². The Balaban J connectivity index is 1.17. The van der Waals surface area contributed by atoms with Crippen LogP contribution in [0.25, 0.3) is 38.3 Å². The van der Waals surface area contributed by atoms with Crippen molar-refractivity contribution in [2.75, 3.05) is 14.7 Å². The van der Waals surface area contributed by atoms with Gasteiger partial charge in [-0.3, -0.25) is 0 Å². The molecule has 0 N–H and O–H groups in total. The van der Waals surface area contributed by atoms with Gasteiger partial charge < -0.3 is 19.3 Å². The summed E-state index contributed by atoms with van der Waals surface area (Å²) < 4.78 is 2.39. The number of nitrogens with zero attached hydrogens (tertiary/aromatic N) is 4. The van der Waals surface area contributed by atoms with Gasteiger partial charge in [0.15, 0.2) is 6.17 Å². The summed E-state index contributed by atoms with van der Waals surface area (Å²) in [5.74, 6) is 1.38. The van der Waals surface area contributed by atoms with Crippen LogP contribution in [0.3, 0.4) is 0 Å². The summed E-state index contributed by atoms with van der Waals surface area (Å²) in [7, 11) is 0. The van der Waals surface area contributed by atoms with Crippen LogP contribution in [0.4, 0.5) is 28.4 Å². The Kier molecular flexibility index (Phi) is 11.1. The third-order valence-electron chi connectivity index (χ3n) is 13.3. The molecule has 1 aliphatic heterocycles. The average Bonchev–Trinajstić information content (AvgIpc) is 3.91. The quantitative estimate of drug-likeness (QED) is 0.129. The molecule has 0 aliphatic carbocycles. The van der Waals surface area contributed by atoms with E-state index in [4.69, 9.17) is 0 Å². The zero-order valence-electron chi connectivity index (χ0n) is 39.0. The predicted octanol–water partition coefficient (Wildman–Crippen LogP) is 17.2. The largest absolute Gasteiger partial charge is 0.314 e. The topological polar surface area (TPSA) is 14.7 Å². The highest BCUT2D eigenvalue weighted by Gasteiger charge is 2.37. The molecule has 0 atom stereocenters. The number of anilines is 5. The summed E-state index contributed by atoms with van der Waals surface area (Å²) in [4.78, 5) is 7.42. The molecule has 0 fully saturated rings. The standard InChI is InChI=1S/C61H59N4/c1-40(2)49-25-17-26-50(41(3)4)59(49)62-37-38-63(60-51(42(5)6)27-18-28-52(60)43(7)8)61(62)45-31-33-47(34-32-45)64(56-30-16-20-44-19-12-13-23-53(44)56)48-35-36-58-55(39-48)54-24-14-15-29-57(54)65(58)46-21-10-9-11-22-46/h9-43H,1-8H3. The number of benzene rings is 8. The van der Waals surface area contributed by atoms with Gasteiger partial charge in [-0.1, -0.05) is 177 Å². The number of hydrogen-bond acceptors (Lipinski definition) is 3. The Morgan fingerprint density at radius 3 is 1.45 bits per heavy atom. The molecule has 323 valence electrons. The van der Waals surface area contributed by atoms with Crippen LogP contribution in [-0.4, -0.2) is 4.57 Å². The number of aromatic nitrogens is 1. The molecule has 1 radical (unpaired) electrons. The van der Waals surface area contributed by atoms with Crippen molar-refractivity contribution in [1.29, 1.82) is 0 Å². The van der Waals surface area contributed by atoms with E-state index < -0.39 is 0 Å². The van der Waals surface area contributed by atoms with Crippen LogP contribution in [0.5, 0.6) is 0 Å². The zero-order chi connectivity index (χ0) is 44.9. The van der Waals surface area contributed by atoms with Crippen LogP contribution in [0.2, 0.25) is 0 Å². The van der Waals surface area contributed by atoms with Crippen molar-refractivity contribution in [3.8, 4) is 5.69 Å². The third kappa shape index (κ3) is 7.35. The highest BCUT2D eigenvalue weighted by molar-refractivity contribution is 6.11. The Bertz CT molecular complexity index is 3060. The SMILES string of the molecule is CC(C)c1cccc(C(C)C)c1N1C=CN(c2c(C(C)C)cccc2C(C)C)[C]1c1ccc(N(c2ccc3c(c2)c2ccccc2n3-c2ccccc2)c2cccc3ccccc23)cc1. The maximum Gasteiger partial charge on any atom is 0.195 e. The van der Waals surface area contributed by atoms with E-state index in [2.05, 4.69) is 263 Å². The number of para-hydroxylation sites is 4. The molecule has 2 heterocycles. The van der Waals surface area contributed by atoms with Crippen molar-refractivity contribution in [3.05, 3.63) is 222 Å². The van der Waals surface area contributed by atoms with Gasteiger partial charge >= 0.3 is 0 Å². The highest BCUT2D eigenvalue weighted by Crippen LogP contribution is 2.49. The van der Waals surface area contributed by atoms with Gasteiger partial charge in [-0.05, 0) is 106 Å². The van der Waals surface area contributed by atoms with Crippen molar-refractivity contribution in [1.82, 2.24) is 4.57 Å². The van der Waals surface area contributed by atoms with E-state index in [-0.39, 0.29) is 0 Å². The fourth-order valence-corrected chi connectivity index (χ4v) is 10.2. The molecule has 4 heteroatoms. The maximum absolute atomic E-state index is 2.49. The number of hydrogen-bond donors (Lipinski definition) is 0. The molecule has 9 aromatic rings. The molecule has 10 rings (SSSR count). The van der Waals surface area contributed by atoms with E-state index in [0.29, 0.717) is 23.7 Å². The first-order valence-electron chi connectivity index (χ1n) is 23.5. The lowest BCUT2D eigenvalue weighted by molar-refractivity contribution is 0.804. The third-order valence-corrected chi connectivity index (χ3v) is 13.3. The van der Waals surface area contributed by atoms with Gasteiger partial charge in [0.25, 0.3) is 0 Å². The first kappa shape index (κ1) is 41.9. The van der Waals surface area contributed by atoms with Crippen LogP contribution < -0.4 is 14.7 Å². The molecule has 1 aromatic heterocycles. The van der Waals surface area contributed by atoms with Crippen LogP contribution >= 0.6 is 0 Å². The summed E-state index contributed by atoms with van der Waals surface area (Å²) in [6, 6.07) is 65.0. The Morgan fingerprint density at radius 1 is 0.385 bits per heavy atom. The van der Waals surface area contributed by atoms with E-state index in [1.165, 1.54) is 66.2 Å². The smallest absolute Gasteiger partial charge is 0.195 e. The molecule has 0 unspecified atom stereocenters. The summed E-state index contributed by atoms with van der Waals surface area (Å²) in [5, 5.41) is 4.87. The Labute approximate surface area is 385 Å². The van der Waals surface area contributed by atoms with Crippen molar-refractivity contribution < 1.29 is 0 Å². The van der Waals surface area contributed by atoms with E-state index in [9.17, 15) is 0 Å². The first-order chi connectivity index (χ1) is 31.6. The van der Waals surface area contributed by atoms with Crippen LogP contribution in [0, 0.1) is 6.17 Å². The van der Waals surface area contributed by atoms with E-state index in [1.54, 1.807) is 0 Å². The van der Waals surface area contributed by atoms with E-state index >= 15 is 0 Å². The summed E-state index contributed by atoms with van der Waals surface area (Å²) >= 11 is 0. The minimum atomic E-state index is 0.345. The van der Waals surface area contributed by atoms with E-state index in [0.717, 1.165) is 34.5 Å². The van der Waals surface area contributed by atoms with E-state index in [1.807, 2.05) is 0 Å². The maximum atomic E-state index is 2.49. The lowest BCUT2D eigenvalue weighted by atomic mass is 9.90. The second-order valence-electron chi connectivity index (χ2n) is 18.8. The lowest BCUT2D eigenvalue weighted by Gasteiger charge is -2.37. The monoisotopic (exact) mass is 847 g/mol. The van der Waals surface area contributed by atoms with Gasteiger partial charge in [0.05, 0.1) is 28.1 Å². The minimum Gasteiger partial charge on any atom is -0.314 e. The van der Waals surface area contributed by atoms with Crippen LogP contribution in [0.15, 0.2) is 188 Å². The average molecular weight is 848 g/mol. The van der Waals surface area contributed by atoms with Gasteiger partial charge in [0, 0.05) is 51.2 Å². The normalized spacial score (nSPS) is 13.3. The molecule has 0 saturated carbocycles. The molecule has 4 nitrogen and oxygen atoms in total. The molecular weight excluding hydrogens is 789 g/mol. The Hall–Kier alpha value is -7.04. The second kappa shape index (κ2) is 17.2. The van der Waals surface area contributed by atoms with Crippen molar-refractivity contribution in [2.24, 2.45) is 0 Å². The molecule has 0 amide bonds. The number of rotatable bonds is 11. The summed E-state index contributed by atoms with van der Waals surface area (Å²) in [6.07, 6.45) is 5.76. The van der Waals surface area contributed by atoms with Gasteiger partial charge in [-0.2, -0.15) is 0 Å². The van der Waals surface area contributed by atoms with Crippen LogP contribution in [-0.2, 0) is 0 Å². The summed E-state index contributed by atoms with van der Waals surface area (Å²) in [6.45, 7) is 18.5. The molecule has 8 aromatic carbocycles. The van der Waals surface area contributed by atoms with Crippen molar-refractivity contribution in [2.45, 2.75) is 79.1 Å². The van der Waals surface area contributed by atoms with Crippen molar-refractivity contribution >= 4 is 61.0 Å². The fourth-order valence-electron chi connectivity index (χ4n) is 10.2. The first-order valence-corrected chi connectivity index (χ1v) is 23.5. The van der Waals surface area contributed by atoms with Gasteiger partial charge in [-0.25, -0.2) is 0 Å². The molecule has 0 saturated heterocycles. The lowest BCUT2D eigenvalue weighted by Crippen LogP contribution is -2.34. The number of fused-ring (bicyclic) bond motifs is 4. The second-order valence-corrected chi connectivity index (χ2v) is 18.8. The van der Waals surface area contributed by atoms with Crippen LogP contribution in [0.1, 0.15) is 107 Å². The van der Waals surface area contributed by atoms with Gasteiger partial charge in [-0.15, -0.1) is 0 Å². The molecule has 65 heavy (non-hydrogen) atoms. The predicted molar refractivity (Wildman–Crippen MR) is 279 cm³/mol. The van der Waals surface area contributed by atoms with Crippen molar-refractivity contribution in [3.63, 3.8) is 0 Å². The zero-order valence-corrected chi connectivity index (χ0v) is 39.0. The summed E-state index contributed by atoms with van der Waals surface area (Å²) in [5.41, 5.74) is 16.0. The fraction of sp³-hybridized carbons (Fsp3) is 0.197. The molecule has 1 aliphatic rings. The van der Waals surface area contributed by atoms with Gasteiger partial charge in [0.2, 0.25) is 0 Å². The minimum absolute atomic E-state index is 0.345.